The summed E-state index contributed by atoms with van der Waals surface area (Å²) in [5, 5.41) is 0. The number of rotatable bonds is 10. The fourth-order valence-corrected chi connectivity index (χ4v) is 6.05. The molecule has 0 saturated carbocycles. The topological polar surface area (TPSA) is 70.5 Å². The van der Waals surface area contributed by atoms with Crippen LogP contribution < -0.4 is 11.5 Å². The number of hydrogen-bond donors (Lipinski definition) is 2. The van der Waals surface area contributed by atoms with Gasteiger partial charge in [0, 0.05) is 0 Å². The van der Waals surface area contributed by atoms with Crippen LogP contribution in [0.1, 0.15) is 60.1 Å². The van der Waals surface area contributed by atoms with E-state index in [1.165, 1.54) is 0 Å². The van der Waals surface area contributed by atoms with E-state index in [9.17, 15) is 0 Å². The third-order valence-electron chi connectivity index (χ3n) is 7.79. The molecule has 0 aromatic heterocycles. The summed E-state index contributed by atoms with van der Waals surface area (Å²) in [4.78, 5) is 0. The molecule has 0 amide bonds. The second-order valence-electron chi connectivity index (χ2n) is 10.1. The lowest BCUT2D eigenvalue weighted by molar-refractivity contribution is -0.342. The highest BCUT2D eigenvalue weighted by atomic mass is 16.6. The molecule has 4 heteroatoms. The summed E-state index contributed by atoms with van der Waals surface area (Å²) in [5.41, 5.74) is 15.1. The first-order valence-corrected chi connectivity index (χ1v) is 13.7. The minimum Gasteiger partial charge on any atom is -0.356 e. The molecule has 0 bridgehead atoms. The minimum atomic E-state index is -0.782. The Morgan fingerprint density at radius 1 is 0.474 bits per heavy atom. The molecule has 5 rings (SSSR count). The normalized spacial score (nSPS) is 25.2. The molecule has 0 aliphatic carbocycles. The molecule has 38 heavy (non-hydrogen) atoms. The maximum absolute atomic E-state index is 7.56. The van der Waals surface area contributed by atoms with Gasteiger partial charge in [-0.25, -0.2) is 0 Å². The summed E-state index contributed by atoms with van der Waals surface area (Å²) in [6, 6.07) is 42.0. The van der Waals surface area contributed by atoms with Crippen molar-refractivity contribution in [2.75, 3.05) is 13.1 Å². The van der Waals surface area contributed by atoms with Crippen molar-refractivity contribution < 1.29 is 9.47 Å². The molecular formula is C34H38N2O2. The number of hydrogen-bond acceptors (Lipinski definition) is 4. The highest BCUT2D eigenvalue weighted by Crippen LogP contribution is 2.61. The molecule has 1 heterocycles. The van der Waals surface area contributed by atoms with E-state index < -0.39 is 11.2 Å². The van der Waals surface area contributed by atoms with Crippen LogP contribution in [0.2, 0.25) is 0 Å². The van der Waals surface area contributed by atoms with E-state index in [-0.39, 0.29) is 12.2 Å². The first-order valence-electron chi connectivity index (χ1n) is 13.7. The lowest BCUT2D eigenvalue weighted by atomic mass is 9.66. The van der Waals surface area contributed by atoms with Crippen molar-refractivity contribution in [1.29, 1.82) is 0 Å². The van der Waals surface area contributed by atoms with Crippen LogP contribution in [0.15, 0.2) is 121 Å². The molecule has 4 N–H and O–H groups in total. The molecule has 4 unspecified atom stereocenters. The predicted molar refractivity (Wildman–Crippen MR) is 153 cm³/mol. The smallest absolute Gasteiger partial charge is 0.127 e. The Morgan fingerprint density at radius 2 is 0.789 bits per heavy atom. The van der Waals surface area contributed by atoms with Gasteiger partial charge in [0.15, 0.2) is 0 Å². The predicted octanol–water partition coefficient (Wildman–Crippen LogP) is 6.78. The van der Waals surface area contributed by atoms with Gasteiger partial charge in [0.25, 0.3) is 0 Å². The summed E-state index contributed by atoms with van der Waals surface area (Å²) in [5.74, 6) is 0. The van der Waals surface area contributed by atoms with Crippen LogP contribution in [0.25, 0.3) is 0 Å². The summed E-state index contributed by atoms with van der Waals surface area (Å²) >= 11 is 0. The zero-order valence-electron chi connectivity index (χ0n) is 21.9. The van der Waals surface area contributed by atoms with Crippen LogP contribution in [0, 0.1) is 0 Å². The highest BCUT2D eigenvalue weighted by molar-refractivity contribution is 5.38. The van der Waals surface area contributed by atoms with Crippen LogP contribution in [0.4, 0.5) is 0 Å². The number of ether oxygens (including phenoxy) is 2. The van der Waals surface area contributed by atoms with Crippen molar-refractivity contribution in [3.8, 4) is 0 Å². The average molecular weight is 507 g/mol. The highest BCUT2D eigenvalue weighted by Gasteiger charge is 2.61. The second kappa shape index (κ2) is 12.1. The fourth-order valence-electron chi connectivity index (χ4n) is 6.05. The van der Waals surface area contributed by atoms with Gasteiger partial charge in [0.2, 0.25) is 0 Å². The van der Waals surface area contributed by atoms with Crippen LogP contribution in [-0.2, 0) is 20.7 Å². The van der Waals surface area contributed by atoms with E-state index in [0.717, 1.165) is 47.9 Å². The molecule has 1 aliphatic rings. The van der Waals surface area contributed by atoms with Crippen molar-refractivity contribution in [3.63, 3.8) is 0 Å². The van der Waals surface area contributed by atoms with Gasteiger partial charge in [-0.1, -0.05) is 121 Å². The van der Waals surface area contributed by atoms with Crippen molar-refractivity contribution in [1.82, 2.24) is 0 Å². The third kappa shape index (κ3) is 4.93. The quantitative estimate of drug-likeness (QED) is 0.249. The summed E-state index contributed by atoms with van der Waals surface area (Å²) < 4.78 is 15.1. The number of nitrogens with two attached hydrogens (primary N) is 2. The van der Waals surface area contributed by atoms with Gasteiger partial charge >= 0.3 is 0 Å². The maximum atomic E-state index is 7.56. The van der Waals surface area contributed by atoms with E-state index in [1.807, 2.05) is 12.1 Å². The zero-order valence-corrected chi connectivity index (χ0v) is 21.9. The molecule has 0 radical (unpaired) electrons. The monoisotopic (exact) mass is 506 g/mol. The van der Waals surface area contributed by atoms with Gasteiger partial charge in [-0.3, -0.25) is 0 Å². The molecule has 1 saturated heterocycles. The summed E-state index contributed by atoms with van der Waals surface area (Å²) in [6.45, 7) is 1.13. The Morgan fingerprint density at radius 3 is 1.11 bits per heavy atom. The van der Waals surface area contributed by atoms with E-state index in [2.05, 4.69) is 109 Å². The van der Waals surface area contributed by atoms with Crippen molar-refractivity contribution in [3.05, 3.63) is 144 Å². The summed E-state index contributed by atoms with van der Waals surface area (Å²) in [7, 11) is 0. The molecule has 1 aliphatic heterocycles. The molecule has 1 fully saturated rings. The van der Waals surface area contributed by atoms with Crippen molar-refractivity contribution in [2.45, 2.75) is 49.1 Å². The SMILES string of the molecule is NCCCC1(c2ccccc2)OC(c2ccccc2)C(c2ccccc2)OC1(CCCN)c1ccccc1. The summed E-state index contributed by atoms with van der Waals surface area (Å²) in [6.07, 6.45) is 2.41. The molecule has 4 nitrogen and oxygen atoms in total. The van der Waals surface area contributed by atoms with Crippen LogP contribution in [-0.4, -0.2) is 13.1 Å². The third-order valence-corrected chi connectivity index (χ3v) is 7.79. The Hall–Kier alpha value is -3.28. The van der Waals surface area contributed by atoms with Crippen LogP contribution in [0.3, 0.4) is 0 Å². The molecule has 4 aromatic rings. The largest absolute Gasteiger partial charge is 0.356 e. The Balaban J connectivity index is 1.80. The Bertz CT molecular complexity index is 1150. The van der Waals surface area contributed by atoms with E-state index >= 15 is 0 Å². The Labute approximate surface area is 226 Å². The van der Waals surface area contributed by atoms with Gasteiger partial charge in [0.05, 0.1) is 0 Å². The number of benzene rings is 4. The van der Waals surface area contributed by atoms with Crippen molar-refractivity contribution >= 4 is 0 Å². The van der Waals surface area contributed by atoms with Gasteiger partial charge in [-0.15, -0.1) is 0 Å². The average Bonchev–Trinajstić information content (AvgIpc) is 3.00. The van der Waals surface area contributed by atoms with Crippen LogP contribution >= 0.6 is 0 Å². The van der Waals surface area contributed by atoms with E-state index in [1.54, 1.807) is 0 Å². The maximum Gasteiger partial charge on any atom is 0.127 e. The molecule has 4 atom stereocenters. The minimum absolute atomic E-state index is 0.314. The van der Waals surface area contributed by atoms with Gasteiger partial charge in [-0.2, -0.15) is 0 Å². The molecule has 0 spiro atoms. The Kier molecular flexibility index (Phi) is 8.35. The zero-order chi connectivity index (χ0) is 26.3. The van der Waals surface area contributed by atoms with Gasteiger partial charge in [-0.05, 0) is 61.0 Å². The van der Waals surface area contributed by atoms with E-state index in [4.69, 9.17) is 20.9 Å². The van der Waals surface area contributed by atoms with Crippen LogP contribution in [0.5, 0.6) is 0 Å². The molecular weight excluding hydrogens is 468 g/mol. The van der Waals surface area contributed by atoms with E-state index in [0.29, 0.717) is 13.1 Å². The second-order valence-corrected chi connectivity index (χ2v) is 10.1. The fraction of sp³-hybridized carbons (Fsp3) is 0.294. The lowest BCUT2D eigenvalue weighted by Gasteiger charge is -2.58. The van der Waals surface area contributed by atoms with Crippen molar-refractivity contribution in [2.24, 2.45) is 11.5 Å². The lowest BCUT2D eigenvalue weighted by Crippen LogP contribution is -2.58. The molecule has 196 valence electrons. The van der Waals surface area contributed by atoms with Gasteiger partial charge in [0.1, 0.15) is 23.4 Å². The standard InChI is InChI=1S/C34H38N2O2/c35-25-13-23-33(29-19-9-3-10-20-29)34(24-14-26-36,30-21-11-4-12-22-30)38-32(28-17-7-2-8-18-28)31(37-33)27-15-5-1-6-16-27/h1-12,15-22,31-32H,13-14,23-26,35-36H2. The van der Waals surface area contributed by atoms with Gasteiger partial charge < -0.3 is 20.9 Å². The first kappa shape index (κ1) is 26.3. The first-order chi connectivity index (χ1) is 18.7. The molecule has 4 aromatic carbocycles.